The number of nitrogens with one attached hydrogen (secondary N) is 1. The minimum Gasteiger partial charge on any atom is -0.478 e. The van der Waals surface area contributed by atoms with Crippen LogP contribution in [0, 0.1) is 6.92 Å². The van der Waals surface area contributed by atoms with Gasteiger partial charge >= 0.3 is 12.1 Å². The molecule has 6 heteroatoms. The Morgan fingerprint density at radius 2 is 1.63 bits per heavy atom. The van der Waals surface area contributed by atoms with Gasteiger partial charge in [-0.05, 0) is 46.9 Å². The molecule has 0 saturated heterocycles. The Balaban J connectivity index is 1.53. The van der Waals surface area contributed by atoms with Crippen molar-refractivity contribution in [3.05, 3.63) is 88.5 Å². The molecule has 2 N–H and O–H groups in total. The molecule has 0 atom stereocenters. The predicted molar refractivity (Wildman–Crippen MR) is 112 cm³/mol. The van der Waals surface area contributed by atoms with Crippen molar-refractivity contribution in [1.82, 2.24) is 0 Å². The molecule has 0 spiro atoms. The molecule has 4 rings (SSSR count). The first-order valence-corrected chi connectivity index (χ1v) is 9.44. The molecule has 1 aliphatic rings. The first kappa shape index (κ1) is 19.4. The van der Waals surface area contributed by atoms with Crippen LogP contribution in [0.3, 0.4) is 0 Å². The second-order valence-electron chi connectivity index (χ2n) is 7.11. The number of carboxylic acid groups (broad SMARTS) is 1. The van der Waals surface area contributed by atoms with E-state index < -0.39 is 12.1 Å². The van der Waals surface area contributed by atoms with Crippen LogP contribution in [-0.4, -0.2) is 30.1 Å². The second kappa shape index (κ2) is 7.83. The zero-order valence-electron chi connectivity index (χ0n) is 16.2. The number of hydrogen-bond donors (Lipinski definition) is 2. The molecule has 30 heavy (non-hydrogen) atoms. The summed E-state index contributed by atoms with van der Waals surface area (Å²) in [5.41, 5.74) is 5.14. The molecule has 0 fully saturated rings. The summed E-state index contributed by atoms with van der Waals surface area (Å²) >= 11 is 0. The average molecular weight is 401 g/mol. The Morgan fingerprint density at radius 3 is 2.20 bits per heavy atom. The molecule has 6 nitrogen and oxygen atoms in total. The summed E-state index contributed by atoms with van der Waals surface area (Å²) in [6.07, 6.45) is -0.172. The molecule has 0 aliphatic heterocycles. The standard InChI is InChI=1S/C24H19NO5/c1-14-20(23(27)28)10-15(12-26)11-22(14)25-24(29)30-13-21-18-8-4-2-6-16(18)17-7-3-5-9-19(17)21/h2-12,21H,13H2,1H3,(H,25,29)(H,27,28). The van der Waals surface area contributed by atoms with Gasteiger partial charge in [0.25, 0.3) is 0 Å². The number of fused-ring (bicyclic) bond motifs is 3. The summed E-state index contributed by atoms with van der Waals surface area (Å²) < 4.78 is 5.49. The van der Waals surface area contributed by atoms with Crippen LogP contribution >= 0.6 is 0 Å². The van der Waals surface area contributed by atoms with Gasteiger partial charge in [-0.2, -0.15) is 0 Å². The van der Waals surface area contributed by atoms with E-state index in [2.05, 4.69) is 17.4 Å². The molecule has 1 amide bonds. The fourth-order valence-electron chi connectivity index (χ4n) is 3.90. The maximum atomic E-state index is 12.5. The Bertz CT molecular complexity index is 1120. The van der Waals surface area contributed by atoms with Crippen molar-refractivity contribution < 1.29 is 24.2 Å². The highest BCUT2D eigenvalue weighted by Gasteiger charge is 2.29. The van der Waals surface area contributed by atoms with E-state index >= 15 is 0 Å². The number of anilines is 1. The van der Waals surface area contributed by atoms with E-state index in [9.17, 15) is 19.5 Å². The van der Waals surface area contributed by atoms with Crippen LogP contribution in [0.2, 0.25) is 0 Å². The van der Waals surface area contributed by atoms with Crippen molar-refractivity contribution in [2.24, 2.45) is 0 Å². The number of carbonyl (C=O) groups is 3. The fraction of sp³-hybridized carbons (Fsp3) is 0.125. The number of aldehydes is 1. The van der Waals surface area contributed by atoms with Gasteiger partial charge in [-0.25, -0.2) is 9.59 Å². The van der Waals surface area contributed by atoms with Gasteiger partial charge in [0, 0.05) is 17.2 Å². The van der Waals surface area contributed by atoms with Crippen LogP contribution in [0.1, 0.15) is 43.3 Å². The highest BCUT2D eigenvalue weighted by Crippen LogP contribution is 2.44. The Hall–Kier alpha value is -3.93. The number of amides is 1. The molecule has 3 aromatic carbocycles. The lowest BCUT2D eigenvalue weighted by molar-refractivity contribution is 0.0696. The zero-order valence-corrected chi connectivity index (χ0v) is 16.2. The minimum absolute atomic E-state index is 0.0476. The average Bonchev–Trinajstić information content (AvgIpc) is 3.07. The third-order valence-corrected chi connectivity index (χ3v) is 5.38. The Kier molecular flexibility index (Phi) is 5.06. The van der Waals surface area contributed by atoms with Gasteiger partial charge in [-0.15, -0.1) is 0 Å². The Labute approximate surface area is 173 Å². The molecule has 0 heterocycles. The quantitative estimate of drug-likeness (QED) is 0.595. The molecule has 1 aliphatic carbocycles. The third kappa shape index (κ3) is 3.43. The molecular formula is C24H19NO5. The van der Waals surface area contributed by atoms with Gasteiger partial charge in [-0.3, -0.25) is 10.1 Å². The van der Waals surface area contributed by atoms with Crippen LogP contribution in [-0.2, 0) is 4.74 Å². The van der Waals surface area contributed by atoms with E-state index in [1.165, 1.54) is 12.1 Å². The van der Waals surface area contributed by atoms with Crippen molar-refractivity contribution in [3.8, 4) is 11.1 Å². The summed E-state index contributed by atoms with van der Waals surface area (Å²) in [6.45, 7) is 1.70. The monoisotopic (exact) mass is 401 g/mol. The molecule has 3 aromatic rings. The normalized spacial score (nSPS) is 12.0. The van der Waals surface area contributed by atoms with E-state index in [4.69, 9.17) is 4.74 Å². The lowest BCUT2D eigenvalue weighted by Crippen LogP contribution is -2.19. The summed E-state index contributed by atoms with van der Waals surface area (Å²) in [7, 11) is 0. The van der Waals surface area contributed by atoms with E-state index in [0.29, 0.717) is 11.8 Å². The molecule has 0 saturated carbocycles. The number of carbonyl (C=O) groups excluding carboxylic acids is 2. The number of carboxylic acids is 1. The molecular weight excluding hydrogens is 382 g/mol. The molecule has 0 aromatic heterocycles. The largest absolute Gasteiger partial charge is 0.478 e. The van der Waals surface area contributed by atoms with Gasteiger partial charge < -0.3 is 9.84 Å². The summed E-state index contributed by atoms with van der Waals surface area (Å²) in [6, 6.07) is 18.7. The first-order chi connectivity index (χ1) is 14.5. The number of hydrogen-bond acceptors (Lipinski definition) is 4. The van der Waals surface area contributed by atoms with Gasteiger partial charge in [0.1, 0.15) is 12.9 Å². The maximum absolute atomic E-state index is 12.5. The lowest BCUT2D eigenvalue weighted by atomic mass is 9.98. The smallest absolute Gasteiger partial charge is 0.411 e. The van der Waals surface area contributed by atoms with E-state index in [1.54, 1.807) is 6.92 Å². The predicted octanol–water partition coefficient (Wildman–Crippen LogP) is 4.87. The first-order valence-electron chi connectivity index (χ1n) is 9.44. The Morgan fingerprint density at radius 1 is 1.03 bits per heavy atom. The van der Waals surface area contributed by atoms with Gasteiger partial charge in [-0.1, -0.05) is 48.5 Å². The van der Waals surface area contributed by atoms with Crippen molar-refractivity contribution in [2.75, 3.05) is 11.9 Å². The van der Waals surface area contributed by atoms with Gasteiger partial charge in [0.2, 0.25) is 0 Å². The summed E-state index contributed by atoms with van der Waals surface area (Å²) in [5.74, 6) is -1.26. The van der Waals surface area contributed by atoms with E-state index in [-0.39, 0.29) is 29.3 Å². The van der Waals surface area contributed by atoms with Crippen LogP contribution in [0.5, 0.6) is 0 Å². The highest BCUT2D eigenvalue weighted by atomic mass is 16.5. The molecule has 0 unspecified atom stereocenters. The number of rotatable bonds is 5. The molecule has 150 valence electrons. The van der Waals surface area contributed by atoms with Crippen molar-refractivity contribution in [2.45, 2.75) is 12.8 Å². The molecule has 0 bridgehead atoms. The summed E-state index contributed by atoms with van der Waals surface area (Å²) in [4.78, 5) is 35.0. The van der Waals surface area contributed by atoms with Crippen LogP contribution in [0.4, 0.5) is 10.5 Å². The second-order valence-corrected chi connectivity index (χ2v) is 7.11. The SMILES string of the molecule is Cc1c(NC(=O)OCC2c3ccccc3-c3ccccc32)cc(C=O)cc1C(=O)O. The zero-order chi connectivity index (χ0) is 21.3. The topological polar surface area (TPSA) is 92.7 Å². The molecule has 0 radical (unpaired) electrons. The number of benzene rings is 3. The summed E-state index contributed by atoms with van der Waals surface area (Å²) in [5, 5.41) is 11.9. The minimum atomic E-state index is -1.17. The van der Waals surface area contributed by atoms with Crippen molar-refractivity contribution in [3.63, 3.8) is 0 Å². The highest BCUT2D eigenvalue weighted by molar-refractivity contribution is 5.97. The lowest BCUT2D eigenvalue weighted by Gasteiger charge is -2.16. The maximum Gasteiger partial charge on any atom is 0.411 e. The van der Waals surface area contributed by atoms with Crippen LogP contribution in [0.15, 0.2) is 60.7 Å². The van der Waals surface area contributed by atoms with Crippen molar-refractivity contribution in [1.29, 1.82) is 0 Å². The number of aromatic carboxylic acids is 1. The van der Waals surface area contributed by atoms with Gasteiger partial charge in [0.05, 0.1) is 5.56 Å². The van der Waals surface area contributed by atoms with Crippen LogP contribution < -0.4 is 5.32 Å². The van der Waals surface area contributed by atoms with E-state index in [0.717, 1.165) is 22.3 Å². The van der Waals surface area contributed by atoms with Gasteiger partial charge in [0.15, 0.2) is 0 Å². The number of ether oxygens (including phenoxy) is 1. The van der Waals surface area contributed by atoms with Crippen molar-refractivity contribution >= 4 is 24.0 Å². The third-order valence-electron chi connectivity index (χ3n) is 5.38. The fourth-order valence-corrected chi connectivity index (χ4v) is 3.90. The van der Waals surface area contributed by atoms with Crippen LogP contribution in [0.25, 0.3) is 11.1 Å². The van der Waals surface area contributed by atoms with E-state index in [1.807, 2.05) is 36.4 Å².